The molecule has 0 unspecified atom stereocenters. The van der Waals surface area contributed by atoms with Gasteiger partial charge in [0.25, 0.3) is 0 Å². The van der Waals surface area contributed by atoms with E-state index in [1.165, 1.54) is 0 Å². The van der Waals surface area contributed by atoms with E-state index in [0.717, 1.165) is 17.6 Å². The number of rotatable bonds is 3. The second kappa shape index (κ2) is 4.78. The monoisotopic (exact) mass is 178 g/mol. The van der Waals surface area contributed by atoms with Crippen LogP contribution in [-0.2, 0) is 0 Å². The summed E-state index contributed by atoms with van der Waals surface area (Å²) < 4.78 is 0. The van der Waals surface area contributed by atoms with Crippen molar-refractivity contribution in [2.24, 2.45) is 0 Å². The lowest BCUT2D eigenvalue weighted by atomic mass is 10.1. The Bertz CT molecular complexity index is 272. The molecule has 0 atom stereocenters. The van der Waals surface area contributed by atoms with Gasteiger partial charge in [-0.1, -0.05) is 48.0 Å². The average molecular weight is 179 g/mol. The van der Waals surface area contributed by atoms with Crippen molar-refractivity contribution in [1.82, 2.24) is 0 Å². The first-order chi connectivity index (χ1) is 5.88. The Labute approximate surface area is 78.2 Å². The molecule has 62 valence electrons. The van der Waals surface area contributed by atoms with Gasteiger partial charge in [0.1, 0.15) is 0 Å². The van der Waals surface area contributed by atoms with Gasteiger partial charge in [-0.25, -0.2) is 0 Å². The molecular formula is C11H11Cl. The van der Waals surface area contributed by atoms with Crippen LogP contribution in [0.5, 0.6) is 0 Å². The van der Waals surface area contributed by atoms with Crippen LogP contribution in [0.25, 0.3) is 5.57 Å². The molecule has 0 heterocycles. The third-order valence-electron chi connectivity index (χ3n) is 1.64. The minimum absolute atomic E-state index is 0.813. The van der Waals surface area contributed by atoms with Crippen molar-refractivity contribution >= 4 is 17.2 Å². The van der Waals surface area contributed by atoms with E-state index in [1.807, 2.05) is 36.4 Å². The summed E-state index contributed by atoms with van der Waals surface area (Å²) in [5.41, 5.74) is 3.87. The van der Waals surface area contributed by atoms with E-state index in [-0.39, 0.29) is 0 Å². The topological polar surface area (TPSA) is 0 Å². The van der Waals surface area contributed by atoms with Crippen molar-refractivity contribution in [3.63, 3.8) is 0 Å². The molecule has 0 amide bonds. The first kappa shape index (κ1) is 9.08. The molecule has 0 bridgehead atoms. The largest absolute Gasteiger partial charge is 0.103 e. The summed E-state index contributed by atoms with van der Waals surface area (Å²) in [6, 6.07) is 10.1. The smallest absolute Gasteiger partial charge is 0.00836 e. The molecular weight excluding hydrogens is 168 g/mol. The quantitative estimate of drug-likeness (QED) is 0.617. The minimum Gasteiger partial charge on any atom is -0.103 e. The lowest BCUT2D eigenvalue weighted by Gasteiger charge is -2.01. The summed E-state index contributed by atoms with van der Waals surface area (Å²) >= 11 is 5.67. The summed E-state index contributed by atoms with van der Waals surface area (Å²) in [6.45, 7) is 3.67. The van der Waals surface area contributed by atoms with Gasteiger partial charge in [0.15, 0.2) is 0 Å². The molecule has 0 N–H and O–H groups in total. The lowest BCUT2D eigenvalue weighted by molar-refractivity contribution is 1.41. The van der Waals surface area contributed by atoms with Crippen LogP contribution in [0.4, 0.5) is 0 Å². The van der Waals surface area contributed by atoms with E-state index in [0.29, 0.717) is 0 Å². The maximum atomic E-state index is 5.67. The van der Waals surface area contributed by atoms with Crippen LogP contribution < -0.4 is 0 Å². The summed E-state index contributed by atoms with van der Waals surface area (Å²) in [5.74, 6) is 0. The molecule has 1 rings (SSSR count). The maximum absolute atomic E-state index is 5.67. The highest BCUT2D eigenvalue weighted by Crippen LogP contribution is 2.18. The normalized spacial score (nSPS) is 11.2. The number of halogens is 1. The third kappa shape index (κ3) is 2.24. The van der Waals surface area contributed by atoms with Gasteiger partial charge in [0.2, 0.25) is 0 Å². The second-order valence-electron chi connectivity index (χ2n) is 2.49. The average Bonchev–Trinajstić information content (AvgIpc) is 2.15. The van der Waals surface area contributed by atoms with Gasteiger partial charge in [0.05, 0.1) is 0 Å². The Morgan fingerprint density at radius 2 is 2.00 bits per heavy atom. The van der Waals surface area contributed by atoms with Crippen LogP contribution in [0.15, 0.2) is 48.5 Å². The number of benzene rings is 1. The zero-order valence-electron chi connectivity index (χ0n) is 6.83. The first-order valence-electron chi connectivity index (χ1n) is 3.84. The van der Waals surface area contributed by atoms with Crippen LogP contribution >= 0.6 is 11.6 Å². The van der Waals surface area contributed by atoms with Crippen LogP contribution in [0.2, 0.25) is 0 Å². The molecule has 1 heteroatoms. The van der Waals surface area contributed by atoms with Gasteiger partial charge in [0, 0.05) is 5.54 Å². The van der Waals surface area contributed by atoms with Crippen LogP contribution in [0.3, 0.4) is 0 Å². The van der Waals surface area contributed by atoms with Crippen molar-refractivity contribution in [2.75, 3.05) is 0 Å². The molecule has 0 saturated carbocycles. The predicted molar refractivity (Wildman–Crippen MR) is 55.1 cm³/mol. The molecule has 0 aliphatic heterocycles. The molecule has 0 fully saturated rings. The van der Waals surface area contributed by atoms with E-state index in [1.54, 1.807) is 5.54 Å². The number of hydrogen-bond acceptors (Lipinski definition) is 0. The lowest BCUT2D eigenvalue weighted by Crippen LogP contribution is -1.80. The summed E-state index contributed by atoms with van der Waals surface area (Å²) in [5, 5.41) is 0. The predicted octanol–water partition coefficient (Wildman–Crippen LogP) is 3.84. The van der Waals surface area contributed by atoms with Crippen LogP contribution in [-0.4, -0.2) is 0 Å². The molecule has 12 heavy (non-hydrogen) atoms. The Balaban J connectivity index is 2.88. The van der Waals surface area contributed by atoms with Crippen molar-refractivity contribution in [3.05, 3.63) is 54.1 Å². The summed E-state index contributed by atoms with van der Waals surface area (Å²) in [6.07, 6.45) is 2.66. The number of hydrogen-bond donors (Lipinski definition) is 0. The fourth-order valence-corrected chi connectivity index (χ4v) is 1.25. The van der Waals surface area contributed by atoms with Crippen LogP contribution in [0, 0.1) is 0 Å². The minimum atomic E-state index is 0.813. The van der Waals surface area contributed by atoms with E-state index >= 15 is 0 Å². The van der Waals surface area contributed by atoms with Gasteiger partial charge in [-0.15, -0.1) is 6.58 Å². The van der Waals surface area contributed by atoms with Gasteiger partial charge >= 0.3 is 0 Å². The molecule has 0 aliphatic rings. The Morgan fingerprint density at radius 1 is 1.33 bits per heavy atom. The standard InChI is InChI=1S/C11H11Cl/c1-2-6-11(9-12)10-7-4-3-5-8-10/h2-5,7-9H,1,6H2/b11-9-. The van der Waals surface area contributed by atoms with Gasteiger partial charge in [-0.3, -0.25) is 0 Å². The molecule has 0 aromatic heterocycles. The van der Waals surface area contributed by atoms with E-state index in [2.05, 4.69) is 6.58 Å². The van der Waals surface area contributed by atoms with E-state index in [4.69, 9.17) is 11.6 Å². The van der Waals surface area contributed by atoms with Crippen molar-refractivity contribution in [2.45, 2.75) is 6.42 Å². The molecule has 0 saturated heterocycles. The fraction of sp³-hybridized carbons (Fsp3) is 0.0909. The molecule has 0 aliphatic carbocycles. The molecule has 1 aromatic rings. The van der Waals surface area contributed by atoms with Crippen molar-refractivity contribution < 1.29 is 0 Å². The highest BCUT2D eigenvalue weighted by Gasteiger charge is 1.96. The van der Waals surface area contributed by atoms with Crippen LogP contribution in [0.1, 0.15) is 12.0 Å². The fourth-order valence-electron chi connectivity index (χ4n) is 1.03. The highest BCUT2D eigenvalue weighted by molar-refractivity contribution is 6.28. The zero-order valence-corrected chi connectivity index (χ0v) is 7.59. The van der Waals surface area contributed by atoms with Gasteiger partial charge < -0.3 is 0 Å². The highest BCUT2D eigenvalue weighted by atomic mass is 35.5. The van der Waals surface area contributed by atoms with E-state index in [9.17, 15) is 0 Å². The van der Waals surface area contributed by atoms with Gasteiger partial charge in [-0.2, -0.15) is 0 Å². The van der Waals surface area contributed by atoms with Crippen molar-refractivity contribution in [3.8, 4) is 0 Å². The molecule has 0 nitrogen and oxygen atoms in total. The van der Waals surface area contributed by atoms with Gasteiger partial charge in [-0.05, 0) is 17.6 Å². The Morgan fingerprint density at radius 3 is 2.50 bits per heavy atom. The van der Waals surface area contributed by atoms with E-state index < -0.39 is 0 Å². The maximum Gasteiger partial charge on any atom is 0.00836 e. The Hall–Kier alpha value is -1.01. The molecule has 0 radical (unpaired) electrons. The molecule has 1 aromatic carbocycles. The Kier molecular flexibility index (Phi) is 3.62. The third-order valence-corrected chi connectivity index (χ3v) is 1.90. The second-order valence-corrected chi connectivity index (χ2v) is 2.71. The summed E-state index contributed by atoms with van der Waals surface area (Å²) in [7, 11) is 0. The number of allylic oxidation sites excluding steroid dienone is 2. The SMILES string of the molecule is C=CC/C(=C/Cl)c1ccccc1. The summed E-state index contributed by atoms with van der Waals surface area (Å²) in [4.78, 5) is 0. The first-order valence-corrected chi connectivity index (χ1v) is 4.27. The molecule has 0 spiro atoms. The van der Waals surface area contributed by atoms with Crippen molar-refractivity contribution in [1.29, 1.82) is 0 Å². The zero-order chi connectivity index (χ0) is 8.81.